The lowest BCUT2D eigenvalue weighted by Crippen LogP contribution is -2.49. The number of hydrogen-bond acceptors (Lipinski definition) is 4. The van der Waals surface area contributed by atoms with Gasteiger partial charge in [-0.15, -0.1) is 0 Å². The van der Waals surface area contributed by atoms with E-state index in [1.54, 1.807) is 17.2 Å². The van der Waals surface area contributed by atoms with Gasteiger partial charge < -0.3 is 20.4 Å². The van der Waals surface area contributed by atoms with Crippen molar-refractivity contribution >= 4 is 11.8 Å². The van der Waals surface area contributed by atoms with Gasteiger partial charge in [-0.1, -0.05) is 0 Å². The quantitative estimate of drug-likeness (QED) is 0.782. The van der Waals surface area contributed by atoms with Crippen molar-refractivity contribution in [2.24, 2.45) is 5.73 Å². The van der Waals surface area contributed by atoms with E-state index in [9.17, 15) is 9.59 Å². The smallest absolute Gasteiger partial charge is 0.237 e. The minimum Gasteiger partial charge on any atom is -0.469 e. The second-order valence-corrected chi connectivity index (χ2v) is 5.05. The number of furan rings is 1. The summed E-state index contributed by atoms with van der Waals surface area (Å²) in [7, 11) is 0. The minimum absolute atomic E-state index is 0.00164. The molecular weight excluding hydrogens is 258 g/mol. The van der Waals surface area contributed by atoms with Crippen LogP contribution in [0.5, 0.6) is 0 Å². The molecule has 20 heavy (non-hydrogen) atoms. The molecule has 0 spiro atoms. The van der Waals surface area contributed by atoms with E-state index < -0.39 is 5.91 Å². The van der Waals surface area contributed by atoms with Gasteiger partial charge in [0.1, 0.15) is 5.76 Å². The molecule has 2 rings (SSSR count). The molecule has 0 atom stereocenters. The van der Waals surface area contributed by atoms with Crippen molar-refractivity contribution in [1.82, 2.24) is 10.2 Å². The van der Waals surface area contributed by atoms with Crippen LogP contribution < -0.4 is 11.1 Å². The molecule has 0 radical (unpaired) electrons. The summed E-state index contributed by atoms with van der Waals surface area (Å²) in [5.74, 6) is 0.282. The lowest BCUT2D eigenvalue weighted by molar-refractivity contribution is -0.138. The molecule has 1 saturated heterocycles. The van der Waals surface area contributed by atoms with Gasteiger partial charge in [0, 0.05) is 18.9 Å². The predicted molar refractivity (Wildman–Crippen MR) is 73.8 cm³/mol. The van der Waals surface area contributed by atoms with Crippen molar-refractivity contribution in [2.45, 2.75) is 31.7 Å². The first kappa shape index (κ1) is 14.6. The first-order valence-corrected chi connectivity index (χ1v) is 6.97. The van der Waals surface area contributed by atoms with Gasteiger partial charge in [-0.05, 0) is 38.1 Å². The summed E-state index contributed by atoms with van der Waals surface area (Å²) in [6.45, 7) is 1.73. The number of amides is 2. The molecule has 0 saturated carbocycles. The van der Waals surface area contributed by atoms with E-state index in [0.717, 1.165) is 31.7 Å². The SMILES string of the molecule is NC(=O)CN(C(=O)CCc1ccco1)C1CCNCC1. The Labute approximate surface area is 118 Å². The number of rotatable bonds is 6. The number of hydrogen-bond donors (Lipinski definition) is 2. The molecule has 1 aromatic heterocycles. The van der Waals surface area contributed by atoms with E-state index in [2.05, 4.69) is 5.32 Å². The molecule has 1 fully saturated rings. The zero-order chi connectivity index (χ0) is 14.4. The molecule has 2 amide bonds. The molecule has 1 aromatic rings. The minimum atomic E-state index is -0.463. The van der Waals surface area contributed by atoms with Crippen molar-refractivity contribution in [3.8, 4) is 0 Å². The van der Waals surface area contributed by atoms with E-state index >= 15 is 0 Å². The number of primary amides is 1. The zero-order valence-corrected chi connectivity index (χ0v) is 11.5. The number of nitrogens with two attached hydrogens (primary N) is 1. The topological polar surface area (TPSA) is 88.6 Å². The van der Waals surface area contributed by atoms with Crippen molar-refractivity contribution in [3.63, 3.8) is 0 Å². The zero-order valence-electron chi connectivity index (χ0n) is 11.5. The average Bonchev–Trinajstić information content (AvgIpc) is 2.96. The van der Waals surface area contributed by atoms with Gasteiger partial charge in [0.15, 0.2) is 0 Å². The lowest BCUT2D eigenvalue weighted by Gasteiger charge is -2.34. The van der Waals surface area contributed by atoms with Crippen molar-refractivity contribution in [2.75, 3.05) is 19.6 Å². The highest BCUT2D eigenvalue weighted by atomic mass is 16.3. The Morgan fingerprint density at radius 1 is 1.40 bits per heavy atom. The van der Waals surface area contributed by atoms with Crippen LogP contribution in [0.3, 0.4) is 0 Å². The van der Waals surface area contributed by atoms with Gasteiger partial charge in [-0.3, -0.25) is 9.59 Å². The number of piperidine rings is 1. The van der Waals surface area contributed by atoms with Gasteiger partial charge in [0.25, 0.3) is 0 Å². The summed E-state index contributed by atoms with van der Waals surface area (Å²) in [4.78, 5) is 25.1. The van der Waals surface area contributed by atoms with Gasteiger partial charge >= 0.3 is 0 Å². The molecule has 1 aliphatic heterocycles. The van der Waals surface area contributed by atoms with Crippen LogP contribution in [0.4, 0.5) is 0 Å². The van der Waals surface area contributed by atoms with Crippen LogP contribution in [0.2, 0.25) is 0 Å². The highest BCUT2D eigenvalue weighted by molar-refractivity contribution is 5.84. The molecule has 6 nitrogen and oxygen atoms in total. The third-order valence-corrected chi connectivity index (χ3v) is 3.56. The fraction of sp³-hybridized carbons (Fsp3) is 0.571. The summed E-state index contributed by atoms with van der Waals surface area (Å²) < 4.78 is 5.22. The maximum absolute atomic E-state index is 12.3. The van der Waals surface area contributed by atoms with Gasteiger partial charge in [0.05, 0.1) is 12.8 Å². The molecule has 0 bridgehead atoms. The number of carbonyl (C=O) groups excluding carboxylic acids is 2. The van der Waals surface area contributed by atoms with Crippen molar-refractivity contribution < 1.29 is 14.0 Å². The third-order valence-electron chi connectivity index (χ3n) is 3.56. The van der Waals surface area contributed by atoms with Gasteiger partial charge in [-0.25, -0.2) is 0 Å². The summed E-state index contributed by atoms with van der Waals surface area (Å²) in [6, 6.07) is 3.75. The van der Waals surface area contributed by atoms with E-state index in [1.807, 2.05) is 6.07 Å². The summed E-state index contributed by atoms with van der Waals surface area (Å²) in [6.07, 6.45) is 4.20. The molecule has 6 heteroatoms. The number of nitrogens with zero attached hydrogens (tertiary/aromatic N) is 1. The molecule has 2 heterocycles. The van der Waals surface area contributed by atoms with E-state index in [-0.39, 0.29) is 18.5 Å². The third kappa shape index (κ3) is 4.09. The van der Waals surface area contributed by atoms with E-state index in [4.69, 9.17) is 10.2 Å². The number of carbonyl (C=O) groups is 2. The van der Waals surface area contributed by atoms with E-state index in [1.165, 1.54) is 0 Å². The fourth-order valence-electron chi connectivity index (χ4n) is 2.54. The molecule has 0 unspecified atom stereocenters. The molecular formula is C14H21N3O3. The molecule has 110 valence electrons. The predicted octanol–water partition coefficient (Wildman–Crippen LogP) is 0.278. The van der Waals surface area contributed by atoms with Gasteiger partial charge in [0.2, 0.25) is 11.8 Å². The van der Waals surface area contributed by atoms with Crippen molar-refractivity contribution in [3.05, 3.63) is 24.2 Å². The second-order valence-electron chi connectivity index (χ2n) is 5.05. The Balaban J connectivity index is 1.93. The van der Waals surface area contributed by atoms with Crippen LogP contribution in [0.1, 0.15) is 25.0 Å². The average molecular weight is 279 g/mol. The van der Waals surface area contributed by atoms with Crippen molar-refractivity contribution in [1.29, 1.82) is 0 Å². The Kier molecular flexibility index (Phi) is 5.17. The maximum Gasteiger partial charge on any atom is 0.237 e. The lowest BCUT2D eigenvalue weighted by atomic mass is 10.0. The first-order valence-electron chi connectivity index (χ1n) is 6.97. The summed E-state index contributed by atoms with van der Waals surface area (Å²) in [5.41, 5.74) is 5.26. The van der Waals surface area contributed by atoms with Crippen LogP contribution >= 0.6 is 0 Å². The van der Waals surface area contributed by atoms with E-state index in [0.29, 0.717) is 12.8 Å². The molecule has 0 aliphatic carbocycles. The second kappa shape index (κ2) is 7.09. The Morgan fingerprint density at radius 3 is 2.75 bits per heavy atom. The summed E-state index contributed by atoms with van der Waals surface area (Å²) in [5, 5.41) is 3.25. The van der Waals surface area contributed by atoms with Crippen LogP contribution in [0.15, 0.2) is 22.8 Å². The highest BCUT2D eigenvalue weighted by Crippen LogP contribution is 2.14. The van der Waals surface area contributed by atoms with Crippen LogP contribution in [0.25, 0.3) is 0 Å². The first-order chi connectivity index (χ1) is 9.66. The highest BCUT2D eigenvalue weighted by Gasteiger charge is 2.26. The normalized spacial score (nSPS) is 16.0. The Bertz CT molecular complexity index is 439. The molecule has 3 N–H and O–H groups in total. The fourth-order valence-corrected chi connectivity index (χ4v) is 2.54. The van der Waals surface area contributed by atoms with Crippen LogP contribution in [0, 0.1) is 0 Å². The number of aryl methyl sites for hydroxylation is 1. The Morgan fingerprint density at radius 2 is 2.15 bits per heavy atom. The van der Waals surface area contributed by atoms with Crippen LogP contribution in [-0.4, -0.2) is 42.4 Å². The van der Waals surface area contributed by atoms with Crippen LogP contribution in [-0.2, 0) is 16.0 Å². The maximum atomic E-state index is 12.3. The van der Waals surface area contributed by atoms with Gasteiger partial charge in [-0.2, -0.15) is 0 Å². The standard InChI is InChI=1S/C14H21N3O3/c15-13(18)10-17(11-5-7-16-8-6-11)14(19)4-3-12-2-1-9-20-12/h1-2,9,11,16H,3-8,10H2,(H2,15,18). The largest absolute Gasteiger partial charge is 0.469 e. The summed E-state index contributed by atoms with van der Waals surface area (Å²) >= 11 is 0. The Hall–Kier alpha value is -1.82. The molecule has 0 aromatic carbocycles. The number of nitrogens with one attached hydrogen (secondary N) is 1. The molecule has 1 aliphatic rings. The monoisotopic (exact) mass is 279 g/mol.